The summed E-state index contributed by atoms with van der Waals surface area (Å²) < 4.78 is 13.8. The summed E-state index contributed by atoms with van der Waals surface area (Å²) in [6.45, 7) is 4.68. The lowest BCUT2D eigenvalue weighted by molar-refractivity contribution is 0.0730. The highest BCUT2D eigenvalue weighted by molar-refractivity contribution is 6.30. The van der Waals surface area contributed by atoms with Crippen LogP contribution in [0.15, 0.2) is 36.9 Å². The summed E-state index contributed by atoms with van der Waals surface area (Å²) >= 11 is 5.67. The van der Waals surface area contributed by atoms with E-state index in [0.717, 1.165) is 0 Å². The van der Waals surface area contributed by atoms with Gasteiger partial charge in [0.15, 0.2) is 11.5 Å². The highest BCUT2D eigenvalue weighted by Crippen LogP contribution is 2.22. The van der Waals surface area contributed by atoms with Gasteiger partial charge in [0.25, 0.3) is 0 Å². The largest absolute Gasteiger partial charge is 0.291 e. The average molecular weight is 227 g/mol. The molecule has 0 aromatic heterocycles. The Morgan fingerprint density at radius 3 is 2.53 bits per heavy atom. The van der Waals surface area contributed by atoms with Crippen LogP contribution in [0.1, 0.15) is 23.7 Å². The van der Waals surface area contributed by atoms with Crippen LogP contribution in [0.3, 0.4) is 0 Å². The van der Waals surface area contributed by atoms with Crippen molar-refractivity contribution < 1.29 is 9.18 Å². The molecule has 0 aliphatic carbocycles. The zero-order chi connectivity index (χ0) is 11.5. The summed E-state index contributed by atoms with van der Waals surface area (Å²) in [5, 5.41) is 0.524. The van der Waals surface area contributed by atoms with Crippen molar-refractivity contribution in [3.8, 4) is 0 Å². The number of hydrogen-bond donors (Lipinski definition) is 0. The Hall–Kier alpha value is -1.15. The van der Waals surface area contributed by atoms with Crippen molar-refractivity contribution in [3.63, 3.8) is 0 Å². The summed E-state index contributed by atoms with van der Waals surface area (Å²) in [4.78, 5) is 11.7. The maximum absolute atomic E-state index is 13.8. The predicted octanol–water partition coefficient (Wildman–Crippen LogP) is 3.83. The van der Waals surface area contributed by atoms with E-state index in [1.807, 2.05) is 0 Å². The molecule has 0 unspecified atom stereocenters. The minimum atomic E-state index is -1.89. The SMILES string of the molecule is C=CC[C@@](C)(F)C(=O)c1ccc(Cl)cc1. The normalized spacial score (nSPS) is 14.3. The number of halogens is 2. The summed E-state index contributed by atoms with van der Waals surface area (Å²) in [5.41, 5.74) is -1.57. The lowest BCUT2D eigenvalue weighted by Gasteiger charge is -2.16. The fourth-order valence-electron chi connectivity index (χ4n) is 1.27. The van der Waals surface area contributed by atoms with Crippen molar-refractivity contribution in [2.45, 2.75) is 19.0 Å². The van der Waals surface area contributed by atoms with Gasteiger partial charge in [-0.15, -0.1) is 6.58 Å². The Labute approximate surface area is 93.6 Å². The summed E-state index contributed by atoms with van der Waals surface area (Å²) in [6.07, 6.45) is 1.41. The fraction of sp³-hybridized carbons (Fsp3) is 0.250. The first-order chi connectivity index (χ1) is 6.97. The van der Waals surface area contributed by atoms with Gasteiger partial charge in [-0.2, -0.15) is 0 Å². The van der Waals surface area contributed by atoms with E-state index in [1.54, 1.807) is 12.1 Å². The van der Waals surface area contributed by atoms with Crippen molar-refractivity contribution in [1.82, 2.24) is 0 Å². The molecule has 1 atom stereocenters. The molecule has 0 heterocycles. The Morgan fingerprint density at radius 1 is 1.53 bits per heavy atom. The van der Waals surface area contributed by atoms with Gasteiger partial charge >= 0.3 is 0 Å². The molecule has 0 saturated carbocycles. The second kappa shape index (κ2) is 4.58. The molecule has 0 fully saturated rings. The van der Waals surface area contributed by atoms with Gasteiger partial charge in [0.2, 0.25) is 0 Å². The van der Waals surface area contributed by atoms with Gasteiger partial charge in [0, 0.05) is 17.0 Å². The minimum absolute atomic E-state index is 0.00839. The van der Waals surface area contributed by atoms with Crippen LogP contribution in [-0.2, 0) is 0 Å². The maximum Gasteiger partial charge on any atom is 0.200 e. The summed E-state index contributed by atoms with van der Waals surface area (Å²) in [5.74, 6) is -0.543. The lowest BCUT2D eigenvalue weighted by Crippen LogP contribution is -2.29. The zero-order valence-corrected chi connectivity index (χ0v) is 9.22. The van der Waals surface area contributed by atoms with E-state index >= 15 is 0 Å². The molecule has 0 aliphatic rings. The summed E-state index contributed by atoms with van der Waals surface area (Å²) in [6, 6.07) is 6.18. The van der Waals surface area contributed by atoms with Crippen LogP contribution >= 0.6 is 11.6 Å². The molecular weight excluding hydrogens is 215 g/mol. The van der Waals surface area contributed by atoms with Crippen molar-refractivity contribution in [1.29, 1.82) is 0 Å². The second-order valence-corrected chi connectivity index (χ2v) is 3.96. The van der Waals surface area contributed by atoms with Crippen LogP contribution in [0.25, 0.3) is 0 Å². The number of ketones is 1. The first-order valence-corrected chi connectivity index (χ1v) is 4.95. The van der Waals surface area contributed by atoms with Gasteiger partial charge < -0.3 is 0 Å². The molecule has 0 radical (unpaired) electrons. The highest BCUT2D eigenvalue weighted by atomic mass is 35.5. The van der Waals surface area contributed by atoms with Gasteiger partial charge in [-0.1, -0.05) is 17.7 Å². The molecule has 0 amide bonds. The number of benzene rings is 1. The first kappa shape index (κ1) is 11.9. The van der Waals surface area contributed by atoms with E-state index in [2.05, 4.69) is 6.58 Å². The fourth-order valence-corrected chi connectivity index (χ4v) is 1.39. The Balaban J connectivity index is 2.94. The molecule has 1 aromatic rings. The van der Waals surface area contributed by atoms with Crippen molar-refractivity contribution >= 4 is 17.4 Å². The first-order valence-electron chi connectivity index (χ1n) is 4.57. The number of rotatable bonds is 4. The summed E-state index contributed by atoms with van der Waals surface area (Å²) in [7, 11) is 0. The van der Waals surface area contributed by atoms with E-state index in [1.165, 1.54) is 25.1 Å². The van der Waals surface area contributed by atoms with E-state index in [4.69, 9.17) is 11.6 Å². The van der Waals surface area contributed by atoms with Crippen LogP contribution in [0.2, 0.25) is 5.02 Å². The number of Topliss-reactive ketones (excluding diaryl/α,β-unsaturated/α-hetero) is 1. The third-order valence-electron chi connectivity index (χ3n) is 2.11. The van der Waals surface area contributed by atoms with Gasteiger partial charge in [0.05, 0.1) is 0 Å². The molecule has 0 N–H and O–H groups in total. The molecule has 1 rings (SSSR count). The molecule has 0 bridgehead atoms. The van der Waals surface area contributed by atoms with Gasteiger partial charge in [-0.3, -0.25) is 4.79 Å². The third-order valence-corrected chi connectivity index (χ3v) is 2.36. The number of carbonyl (C=O) groups is 1. The van der Waals surface area contributed by atoms with Crippen molar-refractivity contribution in [2.24, 2.45) is 0 Å². The monoisotopic (exact) mass is 226 g/mol. The molecule has 15 heavy (non-hydrogen) atoms. The minimum Gasteiger partial charge on any atom is -0.291 e. The van der Waals surface area contributed by atoms with Crippen LogP contribution in [0.4, 0.5) is 4.39 Å². The highest BCUT2D eigenvalue weighted by Gasteiger charge is 2.32. The van der Waals surface area contributed by atoms with Crippen LogP contribution in [0, 0.1) is 0 Å². The van der Waals surface area contributed by atoms with E-state index < -0.39 is 11.5 Å². The Morgan fingerprint density at radius 2 is 2.07 bits per heavy atom. The van der Waals surface area contributed by atoms with Crippen molar-refractivity contribution in [3.05, 3.63) is 47.5 Å². The number of allylic oxidation sites excluding steroid dienone is 1. The van der Waals surface area contributed by atoms with Gasteiger partial charge in [-0.05, 0) is 31.2 Å². The Bertz CT molecular complexity index is 368. The standard InChI is InChI=1S/C12H12ClFO/c1-3-8-12(2,14)11(15)9-4-6-10(13)7-5-9/h3-7H,1,8H2,2H3/t12-/m1/s1. The second-order valence-electron chi connectivity index (χ2n) is 3.53. The molecule has 0 spiro atoms. The quantitative estimate of drug-likeness (QED) is 0.563. The van der Waals surface area contributed by atoms with E-state index in [-0.39, 0.29) is 6.42 Å². The lowest BCUT2D eigenvalue weighted by atomic mass is 9.93. The van der Waals surface area contributed by atoms with E-state index in [9.17, 15) is 9.18 Å². The molecule has 1 nitrogen and oxygen atoms in total. The molecule has 80 valence electrons. The smallest absolute Gasteiger partial charge is 0.200 e. The van der Waals surface area contributed by atoms with Crippen LogP contribution in [-0.4, -0.2) is 11.5 Å². The number of carbonyl (C=O) groups excluding carboxylic acids is 1. The molecular formula is C12H12ClFO. The van der Waals surface area contributed by atoms with Crippen LogP contribution < -0.4 is 0 Å². The maximum atomic E-state index is 13.8. The molecule has 1 aromatic carbocycles. The van der Waals surface area contributed by atoms with Crippen LogP contribution in [0.5, 0.6) is 0 Å². The van der Waals surface area contributed by atoms with Gasteiger partial charge in [0.1, 0.15) is 0 Å². The molecule has 3 heteroatoms. The van der Waals surface area contributed by atoms with Crippen molar-refractivity contribution in [2.75, 3.05) is 0 Å². The molecule has 0 saturated heterocycles. The zero-order valence-electron chi connectivity index (χ0n) is 8.47. The number of alkyl halides is 1. The van der Waals surface area contributed by atoms with E-state index in [0.29, 0.717) is 10.6 Å². The predicted molar refractivity (Wildman–Crippen MR) is 60.1 cm³/mol. The van der Waals surface area contributed by atoms with Gasteiger partial charge in [-0.25, -0.2) is 4.39 Å². The molecule has 0 aliphatic heterocycles. The number of hydrogen-bond acceptors (Lipinski definition) is 1. The Kier molecular flexibility index (Phi) is 3.64. The topological polar surface area (TPSA) is 17.1 Å². The average Bonchev–Trinajstić information content (AvgIpc) is 2.18. The third kappa shape index (κ3) is 2.90.